The Hall–Kier alpha value is -2.50. The van der Waals surface area contributed by atoms with Gasteiger partial charge in [0.05, 0.1) is 11.1 Å². The Balaban J connectivity index is 0.00000169. The summed E-state index contributed by atoms with van der Waals surface area (Å²) in [6.45, 7) is 0. The van der Waals surface area contributed by atoms with Gasteiger partial charge in [0, 0.05) is 23.3 Å². The summed E-state index contributed by atoms with van der Waals surface area (Å²) in [5.74, 6) is -0.242. The molecule has 0 fully saturated rings. The van der Waals surface area contributed by atoms with Crippen molar-refractivity contribution in [2.75, 3.05) is 0 Å². The molecule has 0 aliphatic carbocycles. The minimum absolute atomic E-state index is 0. The first kappa shape index (κ1) is 21.5. The fourth-order valence-electron chi connectivity index (χ4n) is 2.60. The molecule has 0 spiro atoms. The van der Waals surface area contributed by atoms with E-state index in [0.29, 0.717) is 33.6 Å². The first-order valence-corrected chi connectivity index (χ1v) is 7.59. The third-order valence-electron chi connectivity index (χ3n) is 3.89. The molecule has 0 unspecified atom stereocenters. The van der Waals surface area contributed by atoms with E-state index < -0.39 is 0 Å². The van der Waals surface area contributed by atoms with Gasteiger partial charge in [-0.2, -0.15) is 0 Å². The van der Waals surface area contributed by atoms with Crippen LogP contribution < -0.4 is 36.3 Å². The third-order valence-corrected chi connectivity index (χ3v) is 3.89. The Morgan fingerprint density at radius 3 is 1.19 bits per heavy atom. The van der Waals surface area contributed by atoms with Gasteiger partial charge in [-0.3, -0.25) is 9.59 Å². The highest BCUT2D eigenvalue weighted by Crippen LogP contribution is 2.24. The molecule has 3 rings (SSSR count). The van der Waals surface area contributed by atoms with Crippen molar-refractivity contribution in [1.29, 1.82) is 0 Å². The first-order chi connectivity index (χ1) is 11.6. The molecule has 26 heavy (non-hydrogen) atoms. The van der Waals surface area contributed by atoms with E-state index in [1.54, 1.807) is 36.4 Å². The number of benzene rings is 3. The summed E-state index contributed by atoms with van der Waals surface area (Å²) in [6.07, 6.45) is 0. The molecule has 4 nitrogen and oxygen atoms in total. The van der Waals surface area contributed by atoms with Gasteiger partial charge in [0.25, 0.3) is 0 Å². The van der Waals surface area contributed by atoms with Crippen molar-refractivity contribution in [2.24, 2.45) is 0 Å². The molecule has 6 heteroatoms. The van der Waals surface area contributed by atoms with Crippen LogP contribution in [0.3, 0.4) is 0 Å². The second kappa shape index (κ2) is 9.27. The van der Waals surface area contributed by atoms with Crippen LogP contribution in [0.2, 0.25) is 0 Å². The maximum atomic E-state index is 12.6. The zero-order valence-electron chi connectivity index (χ0n) is 13.9. The summed E-state index contributed by atoms with van der Waals surface area (Å²) in [5, 5.41) is 0. The number of ketones is 2. The minimum Gasteiger partial charge on any atom is -1.00 e. The Kier molecular flexibility index (Phi) is 7.68. The lowest BCUT2D eigenvalue weighted by Crippen LogP contribution is -3.00. The molecule has 0 aromatic heterocycles. The molecule has 3 aromatic carbocycles. The second-order valence-electron chi connectivity index (χ2n) is 5.56. The van der Waals surface area contributed by atoms with Crippen LogP contribution in [0.5, 0.6) is 0 Å². The molecule has 0 bridgehead atoms. The number of halogens is 2. The number of rotatable bonds is 4. The first-order valence-electron chi connectivity index (χ1n) is 7.59. The largest absolute Gasteiger partial charge is 1.00 e. The number of carbonyl (C=O) groups excluding carboxylic acids is 2. The van der Waals surface area contributed by atoms with Gasteiger partial charge in [0.2, 0.25) is 0 Å². The molecule has 0 atom stereocenters. The summed E-state index contributed by atoms with van der Waals surface area (Å²) in [5.41, 5.74) is 11.0. The Bertz CT molecular complexity index is 837. The van der Waals surface area contributed by atoms with Crippen molar-refractivity contribution < 1.29 is 45.9 Å². The smallest absolute Gasteiger partial charge is 0.199 e. The molecule has 0 aliphatic heterocycles. The van der Waals surface area contributed by atoms with E-state index >= 15 is 0 Å². The number of hydrogen-bond donors (Lipinski definition) is 2. The zero-order chi connectivity index (χ0) is 17.1. The second-order valence-corrected chi connectivity index (χ2v) is 5.56. The topological polar surface area (TPSA) is 89.4 Å². The van der Waals surface area contributed by atoms with Gasteiger partial charge < -0.3 is 36.3 Å². The average molecular weight is 389 g/mol. The van der Waals surface area contributed by atoms with Crippen molar-refractivity contribution in [3.05, 3.63) is 95.1 Å². The maximum absolute atomic E-state index is 12.6. The third kappa shape index (κ3) is 4.36. The summed E-state index contributed by atoms with van der Waals surface area (Å²) >= 11 is 0. The van der Waals surface area contributed by atoms with Crippen LogP contribution in [0.15, 0.2) is 72.8 Å². The summed E-state index contributed by atoms with van der Waals surface area (Å²) in [4.78, 5) is 25.2. The Labute approximate surface area is 164 Å². The van der Waals surface area contributed by atoms with E-state index in [4.69, 9.17) is 0 Å². The normalized spacial score (nSPS) is 9.62. The van der Waals surface area contributed by atoms with Crippen LogP contribution >= 0.6 is 0 Å². The van der Waals surface area contributed by atoms with Crippen molar-refractivity contribution in [1.82, 2.24) is 0 Å². The SMILES string of the molecule is [Cl-].[Cl-].[NH3+]c1cc(C(=O)c2ccccc2)c([NH3+])cc1C(=O)c1ccccc1. The zero-order valence-corrected chi connectivity index (χ0v) is 15.4. The standard InChI is InChI=1S/C20H16N2O2.2ClH/c21-17-12-16(20(24)14-9-5-2-6-10-14)18(22)11-15(17)19(23)13-7-3-1-4-8-13;;/h1-12H,21-22H2;2*1H. The van der Waals surface area contributed by atoms with E-state index in [1.807, 2.05) is 36.4 Å². The van der Waals surface area contributed by atoms with Crippen molar-refractivity contribution in [3.8, 4) is 0 Å². The Morgan fingerprint density at radius 2 is 0.885 bits per heavy atom. The van der Waals surface area contributed by atoms with Gasteiger partial charge in [-0.1, -0.05) is 60.7 Å². The molecule has 6 N–H and O–H groups in total. The summed E-state index contributed by atoms with van der Waals surface area (Å²) < 4.78 is 0. The fourth-order valence-corrected chi connectivity index (χ4v) is 2.60. The summed E-state index contributed by atoms with van der Waals surface area (Å²) in [6, 6.07) is 21.3. The van der Waals surface area contributed by atoms with E-state index in [-0.39, 0.29) is 36.4 Å². The van der Waals surface area contributed by atoms with Gasteiger partial charge in [-0.05, 0) is 0 Å². The highest BCUT2D eigenvalue weighted by atomic mass is 35.5. The van der Waals surface area contributed by atoms with E-state index in [9.17, 15) is 9.59 Å². The van der Waals surface area contributed by atoms with Crippen LogP contribution in [0.4, 0.5) is 11.4 Å². The molecule has 0 saturated carbocycles. The number of hydrogen-bond acceptors (Lipinski definition) is 2. The molecule has 0 saturated heterocycles. The van der Waals surface area contributed by atoms with Crippen LogP contribution in [-0.4, -0.2) is 11.6 Å². The highest BCUT2D eigenvalue weighted by molar-refractivity contribution is 6.15. The predicted molar refractivity (Wildman–Crippen MR) is 91.3 cm³/mol. The Morgan fingerprint density at radius 1 is 0.577 bits per heavy atom. The quantitative estimate of drug-likeness (QED) is 0.445. The van der Waals surface area contributed by atoms with Gasteiger partial charge in [-0.15, -0.1) is 0 Å². The van der Waals surface area contributed by atoms with Crippen molar-refractivity contribution >= 4 is 22.9 Å². The molecule has 0 amide bonds. The monoisotopic (exact) mass is 388 g/mol. The lowest BCUT2D eigenvalue weighted by atomic mass is 9.95. The molecule has 0 radical (unpaired) electrons. The highest BCUT2D eigenvalue weighted by Gasteiger charge is 2.22. The average Bonchev–Trinajstić information content (AvgIpc) is 2.63. The van der Waals surface area contributed by atoms with E-state index in [0.717, 1.165) is 0 Å². The van der Waals surface area contributed by atoms with E-state index in [2.05, 4.69) is 11.5 Å². The van der Waals surface area contributed by atoms with Gasteiger partial charge in [-0.25, -0.2) is 0 Å². The van der Waals surface area contributed by atoms with Gasteiger partial charge >= 0.3 is 0 Å². The molecular weight excluding hydrogens is 371 g/mol. The molecular formula is C20H18Cl2N2O2. The minimum atomic E-state index is -0.121. The van der Waals surface area contributed by atoms with Crippen molar-refractivity contribution in [2.45, 2.75) is 0 Å². The van der Waals surface area contributed by atoms with Crippen LogP contribution in [-0.2, 0) is 0 Å². The predicted octanol–water partition coefficient (Wildman–Crippen LogP) is -4.10. The van der Waals surface area contributed by atoms with Gasteiger partial charge in [0.1, 0.15) is 11.4 Å². The molecule has 3 aromatic rings. The summed E-state index contributed by atoms with van der Waals surface area (Å²) in [7, 11) is 0. The lowest BCUT2D eigenvalue weighted by molar-refractivity contribution is -0.261. The van der Waals surface area contributed by atoms with Gasteiger partial charge in [0.15, 0.2) is 11.6 Å². The molecule has 0 aliphatic rings. The van der Waals surface area contributed by atoms with Crippen LogP contribution in [0.25, 0.3) is 0 Å². The molecule has 0 heterocycles. The number of quaternary nitrogens is 2. The number of carbonyl (C=O) groups is 2. The lowest BCUT2D eigenvalue weighted by Gasteiger charge is -2.07. The van der Waals surface area contributed by atoms with Crippen LogP contribution in [0.1, 0.15) is 31.8 Å². The van der Waals surface area contributed by atoms with E-state index in [1.165, 1.54) is 0 Å². The van der Waals surface area contributed by atoms with Crippen LogP contribution in [0, 0.1) is 0 Å². The molecule has 134 valence electrons. The fraction of sp³-hybridized carbons (Fsp3) is 0. The maximum Gasteiger partial charge on any atom is 0.199 e. The van der Waals surface area contributed by atoms with Crippen molar-refractivity contribution in [3.63, 3.8) is 0 Å².